The van der Waals surface area contributed by atoms with Gasteiger partial charge in [0.15, 0.2) is 11.6 Å². The van der Waals surface area contributed by atoms with E-state index in [-0.39, 0.29) is 39.9 Å². The van der Waals surface area contributed by atoms with Gasteiger partial charge in [-0.2, -0.15) is 13.2 Å². The highest BCUT2D eigenvalue weighted by Gasteiger charge is 2.38. The zero-order valence-corrected chi connectivity index (χ0v) is 19.9. The van der Waals surface area contributed by atoms with Gasteiger partial charge in [-0.15, -0.1) is 0 Å². The lowest BCUT2D eigenvalue weighted by atomic mass is 10.0. The van der Waals surface area contributed by atoms with Gasteiger partial charge in [-0.1, -0.05) is 17.7 Å². The fourth-order valence-electron chi connectivity index (χ4n) is 3.97. The van der Waals surface area contributed by atoms with E-state index < -0.39 is 35.1 Å². The molecule has 2 amide bonds. The number of halogens is 6. The molecule has 190 valence electrons. The fraction of sp³-hybridized carbons (Fsp3) is 0.250. The minimum absolute atomic E-state index is 0.0274. The third kappa shape index (κ3) is 4.68. The Morgan fingerprint density at radius 3 is 2.33 bits per heavy atom. The Bertz CT molecular complexity index is 1290. The first-order valence-electron chi connectivity index (χ1n) is 10.9. The minimum atomic E-state index is -4.70. The lowest BCUT2D eigenvalue weighted by Gasteiger charge is -2.28. The second-order valence-electron chi connectivity index (χ2n) is 7.94. The number of nitrogens with zero attached hydrogens (tertiary/aromatic N) is 3. The van der Waals surface area contributed by atoms with E-state index >= 15 is 8.78 Å². The molecule has 0 atom stereocenters. The van der Waals surface area contributed by atoms with Gasteiger partial charge in [0, 0.05) is 47.7 Å². The number of nitrogens with one attached hydrogen (secondary N) is 2. The van der Waals surface area contributed by atoms with Crippen molar-refractivity contribution < 1.29 is 26.7 Å². The molecule has 0 spiro atoms. The summed E-state index contributed by atoms with van der Waals surface area (Å²) in [6.45, 7) is 2.47. The number of fused-ring (bicyclic) bond motifs is 3. The lowest BCUT2D eigenvalue weighted by Crippen LogP contribution is -2.41. The van der Waals surface area contributed by atoms with Crippen molar-refractivity contribution in [2.45, 2.75) is 13.1 Å². The van der Waals surface area contributed by atoms with E-state index in [9.17, 15) is 18.0 Å². The highest BCUT2D eigenvalue weighted by Crippen LogP contribution is 2.47. The van der Waals surface area contributed by atoms with Gasteiger partial charge in [0.1, 0.15) is 11.5 Å². The summed E-state index contributed by atoms with van der Waals surface area (Å²) in [6.07, 6.45) is -4.08. The molecular weight excluding hydrogens is 505 g/mol. The third-order valence-electron chi connectivity index (χ3n) is 5.62. The monoisotopic (exact) mass is 525 g/mol. The largest absolute Gasteiger partial charge is 0.417 e. The van der Waals surface area contributed by atoms with Crippen molar-refractivity contribution in [3.05, 3.63) is 64.8 Å². The molecule has 12 heteroatoms. The van der Waals surface area contributed by atoms with Crippen molar-refractivity contribution >= 4 is 40.5 Å². The van der Waals surface area contributed by atoms with Gasteiger partial charge in [0.2, 0.25) is 0 Å². The average molecular weight is 526 g/mol. The Kier molecular flexibility index (Phi) is 7.05. The highest BCUT2D eigenvalue weighted by atomic mass is 35.5. The van der Waals surface area contributed by atoms with Gasteiger partial charge < -0.3 is 10.6 Å². The van der Waals surface area contributed by atoms with Gasteiger partial charge >= 0.3 is 12.2 Å². The standard InChI is InChI=1S/C24H21ClF5N5O/c1-3-34-22-17(8-13(12-33-22)24(28,29)30)16-5-4-14(25)9-20(16)35(23(34)36)21-18(26)10-15(11-19(21)27)32-7-6-31-2/h4-5,8-12,31-32H,3,6-7H2,1-2H3. The first kappa shape index (κ1) is 25.6. The van der Waals surface area contributed by atoms with Gasteiger partial charge in [-0.25, -0.2) is 18.6 Å². The molecule has 1 aliphatic heterocycles. The quantitative estimate of drug-likeness (QED) is 0.288. The molecule has 0 radical (unpaired) electrons. The number of pyridine rings is 1. The summed E-state index contributed by atoms with van der Waals surface area (Å²) in [4.78, 5) is 19.4. The number of anilines is 4. The molecule has 2 heterocycles. The lowest BCUT2D eigenvalue weighted by molar-refractivity contribution is -0.137. The van der Waals surface area contributed by atoms with E-state index in [4.69, 9.17) is 11.6 Å². The molecule has 6 nitrogen and oxygen atoms in total. The maximum absolute atomic E-state index is 15.4. The molecule has 0 bridgehead atoms. The average Bonchev–Trinajstić information content (AvgIpc) is 2.90. The molecule has 0 saturated heterocycles. The van der Waals surface area contributed by atoms with Crippen molar-refractivity contribution in [1.82, 2.24) is 10.3 Å². The second-order valence-corrected chi connectivity index (χ2v) is 8.37. The van der Waals surface area contributed by atoms with E-state index in [0.29, 0.717) is 19.3 Å². The molecular formula is C24H21ClF5N5O. The molecule has 2 aromatic carbocycles. The Labute approximate surface area is 208 Å². The molecule has 4 rings (SSSR count). The van der Waals surface area contributed by atoms with Gasteiger partial charge in [-0.05, 0) is 44.3 Å². The van der Waals surface area contributed by atoms with Crippen LogP contribution in [0.5, 0.6) is 0 Å². The molecule has 0 unspecified atom stereocenters. The Hall–Kier alpha value is -3.44. The molecule has 1 aliphatic rings. The predicted molar refractivity (Wildman–Crippen MR) is 129 cm³/mol. The first-order chi connectivity index (χ1) is 17.1. The molecule has 0 aliphatic carbocycles. The summed E-state index contributed by atoms with van der Waals surface area (Å²) in [5.41, 5.74) is -1.57. The number of carbonyl (C=O) groups excluding carboxylic acids is 1. The van der Waals surface area contributed by atoms with Crippen LogP contribution < -0.4 is 20.4 Å². The third-order valence-corrected chi connectivity index (χ3v) is 5.86. The van der Waals surface area contributed by atoms with Crippen LogP contribution in [0.4, 0.5) is 49.6 Å². The van der Waals surface area contributed by atoms with Crippen LogP contribution in [0, 0.1) is 11.6 Å². The topological polar surface area (TPSA) is 60.5 Å². The number of benzene rings is 2. The van der Waals surface area contributed by atoms with Crippen LogP contribution in [0.3, 0.4) is 0 Å². The number of likely N-dealkylation sites (N-methyl/N-ethyl adjacent to an activating group) is 1. The molecule has 2 N–H and O–H groups in total. The van der Waals surface area contributed by atoms with Crippen LogP contribution in [0.25, 0.3) is 11.1 Å². The van der Waals surface area contributed by atoms with Crippen molar-refractivity contribution in [2.75, 3.05) is 41.8 Å². The molecule has 36 heavy (non-hydrogen) atoms. The van der Waals surface area contributed by atoms with Gasteiger partial charge in [-0.3, -0.25) is 9.80 Å². The van der Waals surface area contributed by atoms with Crippen LogP contribution in [0.1, 0.15) is 12.5 Å². The summed E-state index contributed by atoms with van der Waals surface area (Å²) in [5, 5.41) is 5.88. The normalized spacial score (nSPS) is 13.4. The maximum Gasteiger partial charge on any atom is 0.417 e. The number of rotatable bonds is 6. The molecule has 3 aromatic rings. The van der Waals surface area contributed by atoms with E-state index in [1.165, 1.54) is 18.2 Å². The highest BCUT2D eigenvalue weighted by molar-refractivity contribution is 6.31. The minimum Gasteiger partial charge on any atom is -0.384 e. The number of alkyl halides is 3. The Morgan fingerprint density at radius 1 is 1.03 bits per heavy atom. The summed E-state index contributed by atoms with van der Waals surface area (Å²) in [6, 6.07) is 6.11. The number of urea groups is 1. The van der Waals surface area contributed by atoms with E-state index in [1.807, 2.05) is 0 Å². The SMILES string of the molecule is CCN1C(=O)N(c2c(F)cc(NCCNC)cc2F)c2cc(Cl)ccc2-c2cc(C(F)(F)F)cnc21. The van der Waals surface area contributed by atoms with E-state index in [2.05, 4.69) is 15.6 Å². The van der Waals surface area contributed by atoms with Crippen LogP contribution in [0.15, 0.2) is 42.6 Å². The summed E-state index contributed by atoms with van der Waals surface area (Å²) in [7, 11) is 1.73. The smallest absolute Gasteiger partial charge is 0.384 e. The van der Waals surface area contributed by atoms with E-state index in [0.717, 1.165) is 28.0 Å². The zero-order chi connectivity index (χ0) is 26.2. The number of amides is 2. The Balaban J connectivity index is 1.95. The summed E-state index contributed by atoms with van der Waals surface area (Å²) < 4.78 is 71.2. The van der Waals surface area contributed by atoms with Crippen LogP contribution >= 0.6 is 11.6 Å². The predicted octanol–water partition coefficient (Wildman–Crippen LogP) is 6.43. The maximum atomic E-state index is 15.4. The van der Waals surface area contributed by atoms with Crippen molar-refractivity contribution in [1.29, 1.82) is 0 Å². The Morgan fingerprint density at radius 2 is 1.72 bits per heavy atom. The van der Waals surface area contributed by atoms with E-state index in [1.54, 1.807) is 14.0 Å². The second kappa shape index (κ2) is 9.90. The van der Waals surface area contributed by atoms with Gasteiger partial charge in [0.25, 0.3) is 0 Å². The zero-order valence-electron chi connectivity index (χ0n) is 19.2. The fourth-order valence-corrected chi connectivity index (χ4v) is 4.14. The molecule has 0 saturated carbocycles. The molecule has 0 fully saturated rings. The number of carbonyl (C=O) groups is 1. The summed E-state index contributed by atoms with van der Waals surface area (Å²) >= 11 is 6.16. The van der Waals surface area contributed by atoms with Crippen LogP contribution in [-0.2, 0) is 6.18 Å². The molecule has 1 aromatic heterocycles. The van der Waals surface area contributed by atoms with Crippen molar-refractivity contribution in [2.24, 2.45) is 0 Å². The van der Waals surface area contributed by atoms with Crippen LogP contribution in [-0.4, -0.2) is 37.7 Å². The van der Waals surface area contributed by atoms with Crippen molar-refractivity contribution in [3.8, 4) is 11.1 Å². The van der Waals surface area contributed by atoms with Crippen LogP contribution in [0.2, 0.25) is 5.02 Å². The first-order valence-corrected chi connectivity index (χ1v) is 11.3. The number of hydrogen-bond acceptors (Lipinski definition) is 4. The number of hydrogen-bond donors (Lipinski definition) is 2. The van der Waals surface area contributed by atoms with Gasteiger partial charge in [0.05, 0.1) is 11.3 Å². The summed E-state index contributed by atoms with van der Waals surface area (Å²) in [5.74, 6) is -2.17. The van der Waals surface area contributed by atoms with Crippen molar-refractivity contribution in [3.63, 3.8) is 0 Å². The number of aromatic nitrogens is 1.